The molecule has 3 N–H and O–H groups in total. The number of aromatic amines is 1. The van der Waals surface area contributed by atoms with Crippen molar-refractivity contribution in [1.29, 1.82) is 0 Å². The van der Waals surface area contributed by atoms with Crippen LogP contribution in [0.3, 0.4) is 0 Å². The first-order chi connectivity index (χ1) is 12.1. The van der Waals surface area contributed by atoms with Crippen LogP contribution in [0.2, 0.25) is 0 Å². The van der Waals surface area contributed by atoms with Gasteiger partial charge in [-0.25, -0.2) is 0 Å². The quantitative estimate of drug-likeness (QED) is 0.601. The Bertz CT molecular complexity index is 884. The largest absolute Gasteiger partial charge is 0.384 e. The normalized spacial score (nSPS) is 10.8. The molecule has 3 rings (SSSR count). The minimum Gasteiger partial charge on any atom is -0.384 e. The monoisotopic (exact) mass is 336 g/mol. The average Bonchev–Trinajstić information content (AvgIpc) is 2.93. The molecule has 2 aromatic heterocycles. The van der Waals surface area contributed by atoms with Gasteiger partial charge in [0, 0.05) is 36.4 Å². The second-order valence-corrected chi connectivity index (χ2v) is 6.41. The molecule has 1 amide bonds. The number of carbonyl (C=O) groups excluding carboxylic acids is 1. The van der Waals surface area contributed by atoms with Crippen molar-refractivity contribution in [2.45, 2.75) is 27.2 Å². The lowest BCUT2D eigenvalue weighted by atomic mass is 10.1. The summed E-state index contributed by atoms with van der Waals surface area (Å²) in [5, 5.41) is 7.40. The molecule has 2 heterocycles. The number of aromatic nitrogens is 2. The Kier molecular flexibility index (Phi) is 5.03. The van der Waals surface area contributed by atoms with E-state index in [2.05, 4.69) is 46.6 Å². The summed E-state index contributed by atoms with van der Waals surface area (Å²) in [5.41, 5.74) is 6.08. The molecule has 0 atom stereocenters. The second-order valence-electron chi connectivity index (χ2n) is 6.41. The Morgan fingerprint density at radius 2 is 2.04 bits per heavy atom. The fraction of sp³-hybridized carbons (Fsp3) is 0.300. The van der Waals surface area contributed by atoms with Crippen LogP contribution in [-0.2, 0) is 0 Å². The molecular weight excluding hydrogens is 312 g/mol. The summed E-state index contributed by atoms with van der Waals surface area (Å²) in [5.74, 6) is -0.0490. The summed E-state index contributed by atoms with van der Waals surface area (Å²) in [6.07, 6.45) is 4.38. The Morgan fingerprint density at radius 3 is 2.80 bits per heavy atom. The Labute approximate surface area is 147 Å². The predicted molar refractivity (Wildman–Crippen MR) is 102 cm³/mol. The zero-order valence-electron chi connectivity index (χ0n) is 14.9. The van der Waals surface area contributed by atoms with E-state index >= 15 is 0 Å². The molecule has 0 fully saturated rings. The lowest BCUT2D eigenvalue weighted by molar-refractivity contribution is 0.0949. The van der Waals surface area contributed by atoms with Gasteiger partial charge < -0.3 is 15.6 Å². The van der Waals surface area contributed by atoms with Gasteiger partial charge in [0.15, 0.2) is 0 Å². The number of nitrogens with one attached hydrogen (secondary N) is 3. The van der Waals surface area contributed by atoms with Gasteiger partial charge in [0.25, 0.3) is 5.91 Å². The van der Waals surface area contributed by atoms with E-state index in [4.69, 9.17) is 0 Å². The van der Waals surface area contributed by atoms with Crippen molar-refractivity contribution >= 4 is 22.5 Å². The Morgan fingerprint density at radius 1 is 1.20 bits per heavy atom. The molecule has 25 heavy (non-hydrogen) atoms. The molecule has 0 aliphatic heterocycles. The predicted octanol–water partition coefficient (Wildman–Crippen LogP) is 3.72. The molecule has 0 bridgehead atoms. The molecular formula is C20H24N4O. The van der Waals surface area contributed by atoms with Crippen LogP contribution < -0.4 is 10.6 Å². The van der Waals surface area contributed by atoms with E-state index in [1.807, 2.05) is 19.1 Å². The molecule has 0 saturated heterocycles. The summed E-state index contributed by atoms with van der Waals surface area (Å²) < 4.78 is 0. The third kappa shape index (κ3) is 3.82. The van der Waals surface area contributed by atoms with E-state index in [9.17, 15) is 4.79 Å². The maximum absolute atomic E-state index is 12.5. The maximum Gasteiger partial charge on any atom is 0.268 e. The van der Waals surface area contributed by atoms with Crippen LogP contribution in [0.1, 0.15) is 33.6 Å². The van der Waals surface area contributed by atoms with Crippen molar-refractivity contribution in [3.8, 4) is 0 Å². The number of hydrogen-bond donors (Lipinski definition) is 3. The van der Waals surface area contributed by atoms with Gasteiger partial charge >= 0.3 is 0 Å². The number of aryl methyl sites for hydroxylation is 3. The molecule has 1 aromatic carbocycles. The van der Waals surface area contributed by atoms with E-state index in [0.29, 0.717) is 12.2 Å². The van der Waals surface area contributed by atoms with Gasteiger partial charge in [-0.3, -0.25) is 9.78 Å². The van der Waals surface area contributed by atoms with Gasteiger partial charge in [0.1, 0.15) is 5.69 Å². The molecule has 5 heteroatoms. The number of carbonyl (C=O) groups is 1. The number of anilines is 1. The van der Waals surface area contributed by atoms with Crippen molar-refractivity contribution in [3.63, 3.8) is 0 Å². The number of nitrogens with zero attached hydrogens (tertiary/aromatic N) is 1. The van der Waals surface area contributed by atoms with Crippen LogP contribution in [0.15, 0.2) is 36.7 Å². The van der Waals surface area contributed by atoms with Crippen molar-refractivity contribution in [2.24, 2.45) is 0 Å². The topological polar surface area (TPSA) is 69.8 Å². The summed E-state index contributed by atoms with van der Waals surface area (Å²) in [7, 11) is 0. The summed E-state index contributed by atoms with van der Waals surface area (Å²) >= 11 is 0. The van der Waals surface area contributed by atoms with Crippen molar-refractivity contribution in [3.05, 3.63) is 59.0 Å². The van der Waals surface area contributed by atoms with E-state index in [1.54, 1.807) is 12.4 Å². The number of H-pyrrole nitrogens is 1. The number of amides is 1. The summed E-state index contributed by atoms with van der Waals surface area (Å²) in [6.45, 7) is 7.55. The minimum atomic E-state index is -0.0490. The lowest BCUT2D eigenvalue weighted by Crippen LogP contribution is -2.26. The van der Waals surface area contributed by atoms with Crippen molar-refractivity contribution in [2.75, 3.05) is 18.4 Å². The van der Waals surface area contributed by atoms with Gasteiger partial charge in [-0.2, -0.15) is 0 Å². The molecule has 0 saturated carbocycles. The van der Waals surface area contributed by atoms with Crippen LogP contribution in [0, 0.1) is 20.8 Å². The average molecular weight is 336 g/mol. The first kappa shape index (κ1) is 17.0. The number of fused-ring (bicyclic) bond motifs is 1. The van der Waals surface area contributed by atoms with Crippen molar-refractivity contribution in [1.82, 2.24) is 15.3 Å². The van der Waals surface area contributed by atoms with Crippen LogP contribution in [0.5, 0.6) is 0 Å². The molecule has 3 aromatic rings. The van der Waals surface area contributed by atoms with E-state index in [1.165, 1.54) is 5.56 Å². The van der Waals surface area contributed by atoms with Crippen molar-refractivity contribution < 1.29 is 4.79 Å². The Balaban J connectivity index is 1.57. The molecule has 0 radical (unpaired) electrons. The van der Waals surface area contributed by atoms with Gasteiger partial charge in [0.2, 0.25) is 0 Å². The number of benzene rings is 1. The number of pyridine rings is 1. The SMILES string of the molecule is Cc1cc(C)c2[nH]c(C(=O)NCCCNc3cccnc3)c(C)c2c1. The Hall–Kier alpha value is -2.82. The van der Waals surface area contributed by atoms with Gasteiger partial charge in [-0.05, 0) is 56.5 Å². The van der Waals surface area contributed by atoms with Gasteiger partial charge in [-0.15, -0.1) is 0 Å². The first-order valence-corrected chi connectivity index (χ1v) is 8.58. The van der Waals surface area contributed by atoms with Gasteiger partial charge in [-0.1, -0.05) is 11.6 Å². The van der Waals surface area contributed by atoms with Crippen LogP contribution in [0.25, 0.3) is 10.9 Å². The summed E-state index contributed by atoms with van der Waals surface area (Å²) in [4.78, 5) is 19.8. The highest BCUT2D eigenvalue weighted by atomic mass is 16.1. The molecule has 0 unspecified atom stereocenters. The lowest BCUT2D eigenvalue weighted by Gasteiger charge is -2.07. The standard InChI is InChI=1S/C20H24N4O/c1-13-10-14(2)18-17(11-13)15(3)19(24-18)20(25)23-9-5-8-22-16-6-4-7-21-12-16/h4,6-7,10-12,22,24H,5,8-9H2,1-3H3,(H,23,25). The third-order valence-electron chi connectivity index (χ3n) is 4.37. The molecule has 5 nitrogen and oxygen atoms in total. The van der Waals surface area contributed by atoms with Crippen LogP contribution in [0.4, 0.5) is 5.69 Å². The second kappa shape index (κ2) is 7.38. The highest BCUT2D eigenvalue weighted by Crippen LogP contribution is 2.25. The molecule has 0 aliphatic rings. The molecule has 0 spiro atoms. The fourth-order valence-electron chi connectivity index (χ4n) is 3.09. The van der Waals surface area contributed by atoms with E-state index in [-0.39, 0.29) is 5.91 Å². The van der Waals surface area contributed by atoms with Gasteiger partial charge in [0.05, 0.1) is 5.69 Å². The zero-order chi connectivity index (χ0) is 17.8. The molecule has 130 valence electrons. The van der Waals surface area contributed by atoms with E-state index < -0.39 is 0 Å². The minimum absolute atomic E-state index is 0.0490. The molecule has 0 aliphatic carbocycles. The fourth-order valence-corrected chi connectivity index (χ4v) is 3.09. The zero-order valence-corrected chi connectivity index (χ0v) is 14.9. The van der Waals surface area contributed by atoms with Crippen LogP contribution in [-0.4, -0.2) is 29.0 Å². The highest BCUT2D eigenvalue weighted by Gasteiger charge is 2.15. The smallest absolute Gasteiger partial charge is 0.268 e. The number of rotatable bonds is 6. The highest BCUT2D eigenvalue weighted by molar-refractivity contribution is 6.01. The van der Waals surface area contributed by atoms with Crippen LogP contribution >= 0.6 is 0 Å². The summed E-state index contributed by atoms with van der Waals surface area (Å²) in [6, 6.07) is 8.13. The third-order valence-corrected chi connectivity index (χ3v) is 4.37. The maximum atomic E-state index is 12.5. The first-order valence-electron chi connectivity index (χ1n) is 8.58. The number of hydrogen-bond acceptors (Lipinski definition) is 3. The van der Waals surface area contributed by atoms with E-state index in [0.717, 1.165) is 40.7 Å².